The van der Waals surface area contributed by atoms with E-state index in [1.807, 2.05) is 12.1 Å². The third kappa shape index (κ3) is 8.12. The van der Waals surface area contributed by atoms with Gasteiger partial charge in [-0.1, -0.05) is 57.0 Å². The van der Waals surface area contributed by atoms with E-state index in [1.54, 1.807) is 17.0 Å². The third-order valence-corrected chi connectivity index (χ3v) is 7.06. The first-order chi connectivity index (χ1) is 16.5. The summed E-state index contributed by atoms with van der Waals surface area (Å²) in [5, 5.41) is 0. The van der Waals surface area contributed by atoms with Gasteiger partial charge in [0.2, 0.25) is 0 Å². The lowest BCUT2D eigenvalue weighted by Crippen LogP contribution is -2.34. The minimum atomic E-state index is -0.194. The fraction of sp³-hybridized carbons (Fsp3) is 0.552. The lowest BCUT2D eigenvalue weighted by molar-refractivity contribution is 0.157. The van der Waals surface area contributed by atoms with Gasteiger partial charge in [-0.05, 0) is 86.0 Å². The van der Waals surface area contributed by atoms with Gasteiger partial charge in [0.05, 0.1) is 6.54 Å². The minimum absolute atomic E-state index is 0.141. The van der Waals surface area contributed by atoms with E-state index in [0.717, 1.165) is 25.3 Å². The molecular weight excluding hydrogens is 427 g/mol. The van der Waals surface area contributed by atoms with E-state index in [0.29, 0.717) is 19.7 Å². The molecule has 0 atom stereocenters. The highest BCUT2D eigenvalue weighted by Crippen LogP contribution is 2.20. The van der Waals surface area contributed by atoms with Crippen LogP contribution in [0.15, 0.2) is 42.5 Å². The van der Waals surface area contributed by atoms with Crippen LogP contribution in [0, 0.1) is 18.7 Å². The Labute approximate surface area is 205 Å². The van der Waals surface area contributed by atoms with E-state index >= 15 is 0 Å². The van der Waals surface area contributed by atoms with Crippen molar-refractivity contribution in [3.05, 3.63) is 70.5 Å². The number of hydrogen-bond donors (Lipinski definition) is 0. The first-order valence-corrected chi connectivity index (χ1v) is 12.9. The Hall–Kier alpha value is -2.40. The third-order valence-electron chi connectivity index (χ3n) is 7.06. The smallest absolute Gasteiger partial charge is 0.410 e. The van der Waals surface area contributed by atoms with E-state index in [-0.39, 0.29) is 11.9 Å². The van der Waals surface area contributed by atoms with Crippen LogP contribution in [0.5, 0.6) is 0 Å². The molecule has 2 heterocycles. The number of benzene rings is 2. The SMILES string of the molecule is CCC1CCN(CCc2ccc(F)cc2)CC1.CCCc1ccc(CN2CCOC2=O)cc1C. The number of rotatable bonds is 8. The van der Waals surface area contributed by atoms with Crippen LogP contribution in [-0.4, -0.2) is 48.7 Å². The quantitative estimate of drug-likeness (QED) is 0.450. The molecule has 2 aromatic rings. The first kappa shape index (κ1) is 26.2. The van der Waals surface area contributed by atoms with Gasteiger partial charge in [-0.15, -0.1) is 0 Å². The number of cyclic esters (lactones) is 1. The summed E-state index contributed by atoms with van der Waals surface area (Å²) in [6.07, 6.45) is 7.15. The molecule has 0 aromatic heterocycles. The summed E-state index contributed by atoms with van der Waals surface area (Å²) < 4.78 is 17.7. The average molecular weight is 469 g/mol. The van der Waals surface area contributed by atoms with Crippen LogP contribution >= 0.6 is 0 Å². The van der Waals surface area contributed by atoms with Crippen molar-refractivity contribution in [3.8, 4) is 0 Å². The maximum absolute atomic E-state index is 12.8. The number of amides is 1. The van der Waals surface area contributed by atoms with Crippen molar-refractivity contribution in [2.24, 2.45) is 5.92 Å². The Morgan fingerprint density at radius 1 is 0.971 bits per heavy atom. The predicted octanol–water partition coefficient (Wildman–Crippen LogP) is 6.39. The Kier molecular flexibility index (Phi) is 10.4. The van der Waals surface area contributed by atoms with Crippen molar-refractivity contribution >= 4 is 6.09 Å². The second-order valence-corrected chi connectivity index (χ2v) is 9.62. The van der Waals surface area contributed by atoms with E-state index in [9.17, 15) is 9.18 Å². The van der Waals surface area contributed by atoms with Gasteiger partial charge in [0.25, 0.3) is 0 Å². The van der Waals surface area contributed by atoms with E-state index in [4.69, 9.17) is 4.74 Å². The van der Waals surface area contributed by atoms with E-state index in [1.165, 1.54) is 61.0 Å². The monoisotopic (exact) mass is 468 g/mol. The summed E-state index contributed by atoms with van der Waals surface area (Å²) in [4.78, 5) is 15.6. The second kappa shape index (κ2) is 13.5. The molecule has 2 aliphatic heterocycles. The lowest BCUT2D eigenvalue weighted by Gasteiger charge is -2.31. The first-order valence-electron chi connectivity index (χ1n) is 12.9. The van der Waals surface area contributed by atoms with Crippen molar-refractivity contribution in [2.75, 3.05) is 32.8 Å². The molecule has 2 saturated heterocycles. The zero-order chi connectivity index (χ0) is 24.3. The molecule has 0 saturated carbocycles. The van der Waals surface area contributed by atoms with Gasteiger partial charge >= 0.3 is 6.09 Å². The molecule has 4 nitrogen and oxygen atoms in total. The van der Waals surface area contributed by atoms with Gasteiger partial charge in [0.15, 0.2) is 0 Å². The molecule has 0 unspecified atom stereocenters. The number of ether oxygens (including phenoxy) is 1. The number of likely N-dealkylation sites (tertiary alicyclic amines) is 1. The Bertz CT molecular complexity index is 892. The van der Waals surface area contributed by atoms with Crippen LogP contribution in [0.2, 0.25) is 0 Å². The van der Waals surface area contributed by atoms with Gasteiger partial charge in [-0.3, -0.25) is 0 Å². The van der Waals surface area contributed by atoms with Gasteiger partial charge in [-0.25, -0.2) is 9.18 Å². The number of carbonyl (C=O) groups excluding carboxylic acids is 1. The van der Waals surface area contributed by atoms with Gasteiger partial charge < -0.3 is 14.5 Å². The van der Waals surface area contributed by atoms with E-state index in [2.05, 4.69) is 43.9 Å². The fourth-order valence-electron chi connectivity index (χ4n) is 4.75. The molecule has 5 heteroatoms. The van der Waals surface area contributed by atoms with Crippen molar-refractivity contribution in [1.29, 1.82) is 0 Å². The highest BCUT2D eigenvalue weighted by atomic mass is 19.1. The van der Waals surface area contributed by atoms with Crippen molar-refractivity contribution in [3.63, 3.8) is 0 Å². The van der Waals surface area contributed by atoms with Gasteiger partial charge in [0, 0.05) is 13.1 Å². The zero-order valence-corrected chi connectivity index (χ0v) is 21.2. The summed E-state index contributed by atoms with van der Waals surface area (Å²) >= 11 is 0. The van der Waals surface area contributed by atoms with E-state index < -0.39 is 0 Å². The standard InChI is InChI=1S/C15H22FN.C14H19NO2/c1-2-13-7-10-17(11-8-13)12-9-14-3-5-15(16)6-4-14;1-3-4-13-6-5-12(9-11(13)2)10-15-7-8-17-14(15)16/h3-6,13H,2,7-12H2,1H3;5-6,9H,3-4,7-8,10H2,1-2H3. The molecule has 0 radical (unpaired) electrons. The highest BCUT2D eigenvalue weighted by molar-refractivity contribution is 5.69. The molecule has 2 fully saturated rings. The van der Waals surface area contributed by atoms with Crippen LogP contribution in [0.25, 0.3) is 0 Å². The van der Waals surface area contributed by atoms with Crippen molar-refractivity contribution in [1.82, 2.24) is 9.80 Å². The normalized spacial score (nSPS) is 16.8. The summed E-state index contributed by atoms with van der Waals surface area (Å²) in [6, 6.07) is 13.4. The number of hydrogen-bond acceptors (Lipinski definition) is 3. The number of piperidine rings is 1. The zero-order valence-electron chi connectivity index (χ0n) is 21.2. The van der Waals surface area contributed by atoms with Crippen LogP contribution < -0.4 is 0 Å². The van der Waals surface area contributed by atoms with Crippen molar-refractivity contribution < 1.29 is 13.9 Å². The summed E-state index contributed by atoms with van der Waals surface area (Å²) in [5.74, 6) is 0.801. The molecule has 2 aliphatic rings. The topological polar surface area (TPSA) is 32.8 Å². The molecule has 34 heavy (non-hydrogen) atoms. The van der Waals surface area contributed by atoms with Crippen LogP contribution in [-0.2, 0) is 24.1 Å². The maximum Gasteiger partial charge on any atom is 0.410 e. The predicted molar refractivity (Wildman–Crippen MR) is 136 cm³/mol. The fourth-order valence-corrected chi connectivity index (χ4v) is 4.75. The van der Waals surface area contributed by atoms with Crippen LogP contribution in [0.4, 0.5) is 9.18 Å². The largest absolute Gasteiger partial charge is 0.448 e. The molecule has 4 rings (SSSR count). The molecule has 186 valence electrons. The molecule has 0 N–H and O–H groups in total. The molecule has 0 spiro atoms. The molecule has 2 aromatic carbocycles. The number of nitrogens with zero attached hydrogens (tertiary/aromatic N) is 2. The highest BCUT2D eigenvalue weighted by Gasteiger charge is 2.21. The van der Waals surface area contributed by atoms with Crippen molar-refractivity contribution in [2.45, 2.75) is 65.8 Å². The Morgan fingerprint density at radius 2 is 1.68 bits per heavy atom. The van der Waals surface area contributed by atoms with Gasteiger partial charge in [-0.2, -0.15) is 0 Å². The van der Waals surface area contributed by atoms with Gasteiger partial charge in [0.1, 0.15) is 12.4 Å². The molecule has 0 bridgehead atoms. The summed E-state index contributed by atoms with van der Waals surface area (Å²) in [7, 11) is 0. The summed E-state index contributed by atoms with van der Waals surface area (Å²) in [6.45, 7) is 12.1. The number of halogens is 1. The maximum atomic E-state index is 12.8. The van der Waals surface area contributed by atoms with Crippen LogP contribution in [0.1, 0.15) is 61.8 Å². The molecule has 0 aliphatic carbocycles. The number of aryl methyl sites for hydroxylation is 2. The minimum Gasteiger partial charge on any atom is -0.448 e. The average Bonchev–Trinajstić information content (AvgIpc) is 3.25. The Morgan fingerprint density at radius 3 is 2.26 bits per heavy atom. The number of carbonyl (C=O) groups is 1. The Balaban J connectivity index is 0.000000191. The molecule has 1 amide bonds. The van der Waals surface area contributed by atoms with Crippen LogP contribution in [0.3, 0.4) is 0 Å². The lowest BCUT2D eigenvalue weighted by atomic mass is 9.94. The summed E-state index contributed by atoms with van der Waals surface area (Å²) in [5.41, 5.74) is 5.14. The molecular formula is C29H41FN2O2. The second-order valence-electron chi connectivity index (χ2n) is 9.62.